The number of alkyl halides is 1. The minimum Gasteiger partial charge on any atom is -0.394 e. The van der Waals surface area contributed by atoms with Gasteiger partial charge >= 0.3 is 0 Å². The third-order valence-corrected chi connectivity index (χ3v) is 2.68. The van der Waals surface area contributed by atoms with Crippen LogP contribution >= 0.6 is 11.6 Å². The van der Waals surface area contributed by atoms with Gasteiger partial charge in [-0.2, -0.15) is 0 Å². The van der Waals surface area contributed by atoms with Gasteiger partial charge in [-0.25, -0.2) is 0 Å². The third kappa shape index (κ3) is 14.2. The molecule has 0 radical (unpaired) electrons. The first-order valence-electron chi connectivity index (χ1n) is 6.16. The van der Waals surface area contributed by atoms with Gasteiger partial charge < -0.3 is 9.84 Å². The lowest BCUT2D eigenvalue weighted by Gasteiger charge is -2.02. The maximum Gasteiger partial charge on any atom is 0.0697 e. The van der Waals surface area contributed by atoms with Crippen molar-refractivity contribution < 1.29 is 9.84 Å². The largest absolute Gasteiger partial charge is 0.394 e. The Labute approximate surface area is 99.0 Å². The maximum absolute atomic E-state index is 8.48. The standard InChI is InChI=1S/C12H25ClO2/c13-9-7-5-3-1-2-4-6-8-11-15-12-10-14/h14H,1-12H2. The minimum absolute atomic E-state index is 0.139. The molecule has 0 aliphatic carbocycles. The molecule has 0 rings (SSSR count). The Morgan fingerprint density at radius 1 is 0.733 bits per heavy atom. The van der Waals surface area contributed by atoms with Gasteiger partial charge in [-0.15, -0.1) is 11.6 Å². The molecule has 0 bridgehead atoms. The minimum atomic E-state index is 0.139. The Morgan fingerprint density at radius 3 is 1.80 bits per heavy atom. The van der Waals surface area contributed by atoms with Crippen molar-refractivity contribution in [2.45, 2.75) is 51.4 Å². The molecule has 0 aliphatic rings. The fourth-order valence-corrected chi connectivity index (χ4v) is 1.71. The van der Waals surface area contributed by atoms with E-state index in [0.717, 1.165) is 25.3 Å². The molecular weight excluding hydrogens is 212 g/mol. The van der Waals surface area contributed by atoms with E-state index >= 15 is 0 Å². The summed E-state index contributed by atoms with van der Waals surface area (Å²) >= 11 is 5.59. The van der Waals surface area contributed by atoms with Gasteiger partial charge in [-0.1, -0.05) is 38.5 Å². The lowest BCUT2D eigenvalue weighted by Crippen LogP contribution is -2.00. The second-order valence-corrected chi connectivity index (χ2v) is 4.23. The predicted molar refractivity (Wildman–Crippen MR) is 65.6 cm³/mol. The molecule has 92 valence electrons. The Hall–Kier alpha value is 0.210. The summed E-state index contributed by atoms with van der Waals surface area (Å²) in [5, 5.41) is 8.48. The summed E-state index contributed by atoms with van der Waals surface area (Å²) in [6.45, 7) is 1.42. The van der Waals surface area contributed by atoms with Crippen LogP contribution in [0.4, 0.5) is 0 Å². The first kappa shape index (κ1) is 15.2. The van der Waals surface area contributed by atoms with Gasteiger partial charge in [0.25, 0.3) is 0 Å². The molecule has 1 N–H and O–H groups in total. The second-order valence-electron chi connectivity index (χ2n) is 3.85. The monoisotopic (exact) mass is 236 g/mol. The first-order chi connectivity index (χ1) is 7.41. The predicted octanol–water partition coefficient (Wildman–Crippen LogP) is 3.35. The maximum atomic E-state index is 8.48. The molecule has 0 aliphatic heterocycles. The molecule has 0 amide bonds. The lowest BCUT2D eigenvalue weighted by molar-refractivity contribution is 0.0895. The van der Waals surface area contributed by atoms with E-state index in [1.165, 1.54) is 38.5 Å². The van der Waals surface area contributed by atoms with Crippen molar-refractivity contribution in [3.05, 3.63) is 0 Å². The van der Waals surface area contributed by atoms with Crippen LogP contribution in [-0.2, 0) is 4.74 Å². The van der Waals surface area contributed by atoms with Crippen LogP contribution in [0.15, 0.2) is 0 Å². The highest BCUT2D eigenvalue weighted by atomic mass is 35.5. The van der Waals surface area contributed by atoms with Gasteiger partial charge in [-0.3, -0.25) is 0 Å². The Balaban J connectivity index is 2.81. The van der Waals surface area contributed by atoms with Gasteiger partial charge in [0.05, 0.1) is 13.2 Å². The molecular formula is C12H25ClO2. The molecule has 0 saturated carbocycles. The van der Waals surface area contributed by atoms with E-state index in [-0.39, 0.29) is 6.61 Å². The number of ether oxygens (including phenoxy) is 1. The summed E-state index contributed by atoms with van der Waals surface area (Å²) < 4.78 is 5.18. The van der Waals surface area contributed by atoms with Crippen LogP contribution < -0.4 is 0 Å². The van der Waals surface area contributed by atoms with Crippen LogP contribution in [0.3, 0.4) is 0 Å². The van der Waals surface area contributed by atoms with Crippen LogP contribution in [0.1, 0.15) is 51.4 Å². The fourth-order valence-electron chi connectivity index (χ4n) is 1.53. The van der Waals surface area contributed by atoms with Crippen molar-refractivity contribution in [2.24, 2.45) is 0 Å². The van der Waals surface area contributed by atoms with Crippen molar-refractivity contribution in [2.75, 3.05) is 25.7 Å². The summed E-state index contributed by atoms with van der Waals surface area (Å²) in [4.78, 5) is 0. The van der Waals surface area contributed by atoms with Crippen LogP contribution in [-0.4, -0.2) is 30.8 Å². The number of hydrogen-bond donors (Lipinski definition) is 1. The molecule has 15 heavy (non-hydrogen) atoms. The number of rotatable bonds is 12. The second kappa shape index (κ2) is 14.2. The fraction of sp³-hybridized carbons (Fsp3) is 1.00. The highest BCUT2D eigenvalue weighted by Gasteiger charge is 1.92. The van der Waals surface area contributed by atoms with E-state index in [4.69, 9.17) is 21.4 Å². The summed E-state index contributed by atoms with van der Waals surface area (Å²) in [5.41, 5.74) is 0. The van der Waals surface area contributed by atoms with Crippen molar-refractivity contribution in [1.29, 1.82) is 0 Å². The average molecular weight is 237 g/mol. The van der Waals surface area contributed by atoms with Crippen molar-refractivity contribution in [1.82, 2.24) is 0 Å². The third-order valence-electron chi connectivity index (χ3n) is 2.41. The topological polar surface area (TPSA) is 29.5 Å². The molecule has 0 atom stereocenters. The van der Waals surface area contributed by atoms with Gasteiger partial charge in [0.2, 0.25) is 0 Å². The van der Waals surface area contributed by atoms with Crippen LogP contribution in [0.2, 0.25) is 0 Å². The highest BCUT2D eigenvalue weighted by molar-refractivity contribution is 6.17. The molecule has 0 aromatic heterocycles. The summed E-state index contributed by atoms with van der Waals surface area (Å²) in [6, 6.07) is 0. The molecule has 0 spiro atoms. The van der Waals surface area contributed by atoms with Crippen LogP contribution in [0.5, 0.6) is 0 Å². The zero-order valence-corrected chi connectivity index (χ0v) is 10.5. The molecule has 0 heterocycles. The van der Waals surface area contributed by atoms with Crippen molar-refractivity contribution in [3.63, 3.8) is 0 Å². The SMILES string of the molecule is OCCOCCCCCCCCCCCl. The number of hydrogen-bond acceptors (Lipinski definition) is 2. The molecule has 0 aromatic rings. The number of aliphatic hydroxyl groups is 1. The molecule has 0 saturated heterocycles. The van der Waals surface area contributed by atoms with Gasteiger partial charge in [0, 0.05) is 12.5 Å². The number of aliphatic hydroxyl groups excluding tert-OH is 1. The van der Waals surface area contributed by atoms with E-state index < -0.39 is 0 Å². The highest BCUT2D eigenvalue weighted by Crippen LogP contribution is 2.08. The van der Waals surface area contributed by atoms with Crippen LogP contribution in [0, 0.1) is 0 Å². The quantitative estimate of drug-likeness (QED) is 0.416. The number of halogens is 1. The molecule has 2 nitrogen and oxygen atoms in total. The zero-order valence-electron chi connectivity index (χ0n) is 9.72. The zero-order chi connectivity index (χ0) is 11.2. The molecule has 3 heteroatoms. The van der Waals surface area contributed by atoms with Crippen molar-refractivity contribution in [3.8, 4) is 0 Å². The summed E-state index contributed by atoms with van der Waals surface area (Å²) in [7, 11) is 0. The Kier molecular flexibility index (Phi) is 14.4. The Morgan fingerprint density at radius 2 is 1.27 bits per heavy atom. The summed E-state index contributed by atoms with van der Waals surface area (Å²) in [6.07, 6.45) is 10.1. The van der Waals surface area contributed by atoms with Crippen molar-refractivity contribution >= 4 is 11.6 Å². The summed E-state index contributed by atoms with van der Waals surface area (Å²) in [5.74, 6) is 0.808. The van der Waals surface area contributed by atoms with Gasteiger partial charge in [0.1, 0.15) is 0 Å². The molecule has 0 aromatic carbocycles. The van der Waals surface area contributed by atoms with E-state index in [2.05, 4.69) is 0 Å². The Bertz CT molecular complexity index is 97.8. The first-order valence-corrected chi connectivity index (χ1v) is 6.70. The van der Waals surface area contributed by atoms with Gasteiger partial charge in [0.15, 0.2) is 0 Å². The average Bonchev–Trinajstić information content (AvgIpc) is 2.26. The smallest absolute Gasteiger partial charge is 0.0697 e. The molecule has 0 fully saturated rings. The van der Waals surface area contributed by atoms with E-state index in [1.54, 1.807) is 0 Å². The number of unbranched alkanes of at least 4 members (excludes halogenated alkanes) is 7. The molecule has 0 unspecified atom stereocenters. The normalized spacial score (nSPS) is 10.8. The lowest BCUT2D eigenvalue weighted by atomic mass is 10.1. The van der Waals surface area contributed by atoms with Crippen LogP contribution in [0.25, 0.3) is 0 Å². The van der Waals surface area contributed by atoms with E-state index in [1.807, 2.05) is 0 Å². The van der Waals surface area contributed by atoms with E-state index in [0.29, 0.717) is 6.61 Å². The van der Waals surface area contributed by atoms with E-state index in [9.17, 15) is 0 Å². The van der Waals surface area contributed by atoms with Gasteiger partial charge in [-0.05, 0) is 12.8 Å².